The minimum Gasteiger partial charge on any atom is -0.492 e. The third-order valence-electron chi connectivity index (χ3n) is 6.24. The Morgan fingerprint density at radius 3 is 2.53 bits per heavy atom. The highest BCUT2D eigenvalue weighted by molar-refractivity contribution is 6.13. The zero-order valence-electron chi connectivity index (χ0n) is 19.8. The number of morpholine rings is 1. The minimum atomic E-state index is -0.178. The number of anilines is 2. The van der Waals surface area contributed by atoms with Crippen LogP contribution in [0.4, 0.5) is 11.4 Å². The van der Waals surface area contributed by atoms with Gasteiger partial charge in [-0.25, -0.2) is 0 Å². The number of carbonyl (C=O) groups excluding carboxylic acids is 1. The van der Waals surface area contributed by atoms with Crippen LogP contribution in [0.1, 0.15) is 48.7 Å². The summed E-state index contributed by atoms with van der Waals surface area (Å²) in [6.07, 6.45) is 2.25. The van der Waals surface area contributed by atoms with Crippen LogP contribution in [0.2, 0.25) is 0 Å². The summed E-state index contributed by atoms with van der Waals surface area (Å²) in [5.41, 5.74) is 4.02. The Morgan fingerprint density at radius 2 is 1.79 bits per heavy atom. The van der Waals surface area contributed by atoms with E-state index in [1.165, 1.54) is 0 Å². The van der Waals surface area contributed by atoms with Crippen LogP contribution in [-0.2, 0) is 4.74 Å². The number of hydrogen-bond donors (Lipinski definition) is 1. The van der Waals surface area contributed by atoms with Crippen molar-refractivity contribution >= 4 is 28.2 Å². The van der Waals surface area contributed by atoms with Crippen molar-refractivity contribution in [2.75, 3.05) is 49.7 Å². The fourth-order valence-electron chi connectivity index (χ4n) is 4.41. The van der Waals surface area contributed by atoms with Gasteiger partial charge >= 0.3 is 0 Å². The van der Waals surface area contributed by atoms with E-state index in [-0.39, 0.29) is 5.91 Å². The Labute approximate surface area is 200 Å². The molecule has 7 nitrogen and oxygen atoms in total. The summed E-state index contributed by atoms with van der Waals surface area (Å²) in [5, 5.41) is 3.95. The molecule has 34 heavy (non-hydrogen) atoms. The van der Waals surface area contributed by atoms with Gasteiger partial charge in [0.25, 0.3) is 5.91 Å². The molecule has 1 saturated heterocycles. The van der Waals surface area contributed by atoms with E-state index in [2.05, 4.69) is 10.2 Å². The molecule has 5 rings (SSSR count). The third kappa shape index (κ3) is 4.66. The first kappa shape index (κ1) is 22.5. The highest BCUT2D eigenvalue weighted by Gasteiger charge is 2.27. The predicted octanol–water partition coefficient (Wildman–Crippen LogP) is 5.00. The molecule has 7 heteroatoms. The van der Waals surface area contributed by atoms with E-state index in [1.54, 1.807) is 0 Å². The molecule has 1 N–H and O–H groups in total. The van der Waals surface area contributed by atoms with Crippen molar-refractivity contribution in [2.45, 2.75) is 32.6 Å². The zero-order valence-corrected chi connectivity index (χ0v) is 19.8. The lowest BCUT2D eigenvalue weighted by Gasteiger charge is -2.31. The van der Waals surface area contributed by atoms with E-state index in [9.17, 15) is 4.79 Å². The average molecular weight is 462 g/mol. The van der Waals surface area contributed by atoms with Crippen LogP contribution in [0.5, 0.6) is 11.5 Å². The first-order valence-electron chi connectivity index (χ1n) is 12.1. The van der Waals surface area contributed by atoms with Crippen LogP contribution >= 0.6 is 0 Å². The Bertz CT molecular complexity index is 1190. The van der Waals surface area contributed by atoms with E-state index in [0.717, 1.165) is 54.0 Å². The molecule has 2 fully saturated rings. The van der Waals surface area contributed by atoms with Gasteiger partial charge in [-0.3, -0.25) is 9.78 Å². The molecule has 2 heterocycles. The highest BCUT2D eigenvalue weighted by Crippen LogP contribution is 2.41. The molecule has 1 aliphatic heterocycles. The molecule has 178 valence electrons. The fourth-order valence-corrected chi connectivity index (χ4v) is 4.41. The summed E-state index contributed by atoms with van der Waals surface area (Å²) < 4.78 is 17.5. The summed E-state index contributed by atoms with van der Waals surface area (Å²) in [5.74, 6) is 1.62. The SMILES string of the molecule is CCOc1cc(N2CCOCC2)c(OCC)cc1NC(=O)c1cc(C2CC2)nc2ccccc12. The second kappa shape index (κ2) is 9.89. The van der Waals surface area contributed by atoms with E-state index in [0.29, 0.717) is 49.3 Å². The number of pyridine rings is 1. The molecule has 0 unspecified atom stereocenters. The summed E-state index contributed by atoms with van der Waals surface area (Å²) in [4.78, 5) is 20.6. The van der Waals surface area contributed by atoms with Gasteiger partial charge in [0.05, 0.1) is 48.9 Å². The van der Waals surface area contributed by atoms with Gasteiger partial charge in [-0.2, -0.15) is 0 Å². The minimum absolute atomic E-state index is 0.178. The van der Waals surface area contributed by atoms with Crippen LogP contribution in [0.25, 0.3) is 10.9 Å². The summed E-state index contributed by atoms with van der Waals surface area (Å²) in [6.45, 7) is 7.82. The summed E-state index contributed by atoms with van der Waals surface area (Å²) in [6, 6.07) is 13.6. The van der Waals surface area contributed by atoms with Crippen LogP contribution in [0, 0.1) is 0 Å². The lowest BCUT2D eigenvalue weighted by molar-refractivity contribution is 0.102. The standard InChI is InChI=1S/C27H31N3O4/c1-3-33-25-17-24(30-11-13-32-14-12-30)26(34-4-2)16-23(25)29-27(31)20-15-22(18-9-10-18)28-21-8-6-5-7-19(20)21/h5-8,15-18H,3-4,9-14H2,1-2H3,(H,29,31). The van der Waals surface area contributed by atoms with Gasteiger partial charge in [0.15, 0.2) is 0 Å². The first-order chi connectivity index (χ1) is 16.7. The predicted molar refractivity (Wildman–Crippen MR) is 133 cm³/mol. The van der Waals surface area contributed by atoms with Gasteiger partial charge in [0.2, 0.25) is 0 Å². The normalized spacial score (nSPS) is 15.9. The lowest BCUT2D eigenvalue weighted by atomic mass is 10.0. The van der Waals surface area contributed by atoms with Crippen molar-refractivity contribution in [3.05, 3.63) is 53.7 Å². The number of amides is 1. The molecule has 1 saturated carbocycles. The first-order valence-corrected chi connectivity index (χ1v) is 12.1. The van der Waals surface area contributed by atoms with Crippen molar-refractivity contribution in [1.29, 1.82) is 0 Å². The van der Waals surface area contributed by atoms with Crippen LogP contribution in [0.15, 0.2) is 42.5 Å². The number of rotatable bonds is 8. The van der Waals surface area contributed by atoms with Gasteiger partial charge in [-0.15, -0.1) is 0 Å². The lowest BCUT2D eigenvalue weighted by Crippen LogP contribution is -2.36. The maximum Gasteiger partial charge on any atom is 0.256 e. The van der Waals surface area contributed by atoms with Crippen LogP contribution in [0.3, 0.4) is 0 Å². The molecule has 0 spiro atoms. The number of nitrogens with zero attached hydrogens (tertiary/aromatic N) is 2. The maximum atomic E-state index is 13.6. The van der Waals surface area contributed by atoms with E-state index in [4.69, 9.17) is 19.2 Å². The quantitative estimate of drug-likeness (QED) is 0.509. The van der Waals surface area contributed by atoms with Crippen molar-refractivity contribution < 1.29 is 19.0 Å². The van der Waals surface area contributed by atoms with E-state index >= 15 is 0 Å². The third-order valence-corrected chi connectivity index (χ3v) is 6.24. The van der Waals surface area contributed by atoms with Crippen LogP contribution < -0.4 is 19.7 Å². The Kier molecular flexibility index (Phi) is 6.54. The molecule has 0 bridgehead atoms. The second-order valence-corrected chi connectivity index (χ2v) is 8.62. The summed E-state index contributed by atoms with van der Waals surface area (Å²) in [7, 11) is 0. The average Bonchev–Trinajstić information content (AvgIpc) is 3.71. The Morgan fingerprint density at radius 1 is 1.06 bits per heavy atom. The van der Waals surface area contributed by atoms with Gasteiger partial charge in [-0.1, -0.05) is 18.2 Å². The number of ether oxygens (including phenoxy) is 3. The van der Waals surface area contributed by atoms with Crippen LogP contribution in [-0.4, -0.2) is 50.4 Å². The monoisotopic (exact) mass is 461 g/mol. The molecular weight excluding hydrogens is 430 g/mol. The number of fused-ring (bicyclic) bond motifs is 1. The zero-order chi connectivity index (χ0) is 23.5. The molecule has 1 amide bonds. The smallest absolute Gasteiger partial charge is 0.256 e. The van der Waals surface area contributed by atoms with Crippen molar-refractivity contribution in [2.24, 2.45) is 0 Å². The Balaban J connectivity index is 1.52. The number of benzene rings is 2. The topological polar surface area (TPSA) is 72.9 Å². The fraction of sp³-hybridized carbons (Fsp3) is 0.407. The molecular formula is C27H31N3O4. The molecule has 1 aliphatic carbocycles. The molecule has 2 aromatic carbocycles. The maximum absolute atomic E-state index is 13.6. The number of carbonyl (C=O) groups is 1. The number of hydrogen-bond acceptors (Lipinski definition) is 6. The molecule has 3 aromatic rings. The van der Waals surface area contributed by atoms with Crippen molar-refractivity contribution in [3.63, 3.8) is 0 Å². The number of aromatic nitrogens is 1. The van der Waals surface area contributed by atoms with Crippen molar-refractivity contribution in [3.8, 4) is 11.5 Å². The molecule has 0 atom stereocenters. The highest BCUT2D eigenvalue weighted by atomic mass is 16.5. The van der Waals surface area contributed by atoms with E-state index < -0.39 is 0 Å². The summed E-state index contributed by atoms with van der Waals surface area (Å²) >= 11 is 0. The van der Waals surface area contributed by atoms with Gasteiger partial charge in [0.1, 0.15) is 11.5 Å². The van der Waals surface area contributed by atoms with Gasteiger partial charge < -0.3 is 24.4 Å². The molecule has 1 aromatic heterocycles. The molecule has 2 aliphatic rings. The van der Waals surface area contributed by atoms with Crippen molar-refractivity contribution in [1.82, 2.24) is 4.98 Å². The number of nitrogens with one attached hydrogen (secondary N) is 1. The van der Waals surface area contributed by atoms with E-state index in [1.807, 2.05) is 56.3 Å². The number of para-hydroxylation sites is 1. The second-order valence-electron chi connectivity index (χ2n) is 8.62. The van der Waals surface area contributed by atoms with Gasteiger partial charge in [-0.05, 0) is 38.8 Å². The van der Waals surface area contributed by atoms with Gasteiger partial charge in [0, 0.05) is 42.2 Å². The molecule has 0 radical (unpaired) electrons. The Hall–Kier alpha value is -3.32. The largest absolute Gasteiger partial charge is 0.492 e.